The van der Waals surface area contributed by atoms with Crippen molar-refractivity contribution in [2.24, 2.45) is 0 Å². The number of carbonyl (C=O) groups is 1. The molecule has 152 valence electrons. The van der Waals surface area contributed by atoms with Gasteiger partial charge in [0.15, 0.2) is 11.7 Å². The van der Waals surface area contributed by atoms with Crippen LogP contribution in [0.4, 0.5) is 5.13 Å². The molecule has 2 heterocycles. The second-order valence-electron chi connectivity index (χ2n) is 7.22. The van der Waals surface area contributed by atoms with Gasteiger partial charge in [0.25, 0.3) is 5.91 Å². The zero-order chi connectivity index (χ0) is 20.4. The second-order valence-corrected chi connectivity index (χ2v) is 8.64. The Balaban J connectivity index is 1.32. The molecule has 2 aromatic carbocycles. The van der Waals surface area contributed by atoms with Crippen LogP contribution in [-0.4, -0.2) is 48.6 Å². The molecule has 1 aliphatic rings. The van der Waals surface area contributed by atoms with Crippen molar-refractivity contribution in [2.45, 2.75) is 20.3 Å². The van der Waals surface area contributed by atoms with E-state index in [0.717, 1.165) is 35.7 Å². The van der Waals surface area contributed by atoms with Crippen molar-refractivity contribution in [2.75, 3.05) is 37.7 Å². The number of rotatable bonds is 5. The Morgan fingerprint density at radius 1 is 1.17 bits per heavy atom. The molecule has 0 N–H and O–H groups in total. The molecule has 0 radical (unpaired) electrons. The topological polar surface area (TPSA) is 45.7 Å². The number of fused-ring (bicyclic) bond motifs is 1. The number of aryl methyl sites for hydroxylation is 2. The number of carbonyl (C=O) groups excluding carboxylic acids is 1. The summed E-state index contributed by atoms with van der Waals surface area (Å²) in [6, 6.07) is 11.9. The van der Waals surface area contributed by atoms with E-state index in [1.54, 1.807) is 23.5 Å². The lowest BCUT2D eigenvalue weighted by Gasteiger charge is -2.34. The molecule has 0 saturated carbocycles. The number of benzene rings is 2. The number of aromatic nitrogens is 1. The van der Waals surface area contributed by atoms with E-state index in [2.05, 4.69) is 30.0 Å². The van der Waals surface area contributed by atoms with Crippen molar-refractivity contribution < 1.29 is 9.53 Å². The van der Waals surface area contributed by atoms with E-state index in [-0.39, 0.29) is 12.5 Å². The summed E-state index contributed by atoms with van der Waals surface area (Å²) in [7, 11) is 0. The minimum absolute atomic E-state index is 0.00846. The predicted octanol–water partition coefficient (Wildman–Crippen LogP) is 4.55. The van der Waals surface area contributed by atoms with Gasteiger partial charge in [-0.2, -0.15) is 0 Å². The number of thiazole rings is 1. The van der Waals surface area contributed by atoms with Gasteiger partial charge in [-0.05, 0) is 54.8 Å². The molecule has 1 amide bonds. The molecule has 0 spiro atoms. The van der Waals surface area contributed by atoms with Crippen LogP contribution < -0.4 is 9.64 Å². The fourth-order valence-corrected chi connectivity index (χ4v) is 4.60. The maximum atomic E-state index is 12.5. The first kappa shape index (κ1) is 20.0. The molecule has 0 atom stereocenters. The highest BCUT2D eigenvalue weighted by Gasteiger charge is 2.23. The lowest BCUT2D eigenvalue weighted by Crippen LogP contribution is -2.50. The van der Waals surface area contributed by atoms with Gasteiger partial charge >= 0.3 is 0 Å². The molecule has 4 rings (SSSR count). The summed E-state index contributed by atoms with van der Waals surface area (Å²) in [6.45, 7) is 7.05. The molecule has 1 fully saturated rings. The molecule has 3 aromatic rings. The largest absolute Gasteiger partial charge is 0.484 e. The number of nitrogens with zero attached hydrogens (tertiary/aromatic N) is 3. The highest BCUT2D eigenvalue weighted by molar-refractivity contribution is 7.22. The van der Waals surface area contributed by atoms with E-state index in [9.17, 15) is 4.79 Å². The second kappa shape index (κ2) is 8.59. The molecule has 0 unspecified atom stereocenters. The summed E-state index contributed by atoms with van der Waals surface area (Å²) in [6.07, 6.45) is 1.03. The van der Waals surface area contributed by atoms with Gasteiger partial charge in [0.2, 0.25) is 0 Å². The fraction of sp³-hybridized carbons (Fsp3) is 0.364. The van der Waals surface area contributed by atoms with Gasteiger partial charge in [-0.3, -0.25) is 4.79 Å². The molecule has 29 heavy (non-hydrogen) atoms. The van der Waals surface area contributed by atoms with E-state index in [4.69, 9.17) is 21.3 Å². The summed E-state index contributed by atoms with van der Waals surface area (Å²) in [5.41, 5.74) is 3.32. The van der Waals surface area contributed by atoms with Crippen LogP contribution in [0, 0.1) is 6.92 Å². The third-order valence-corrected chi connectivity index (χ3v) is 6.75. The van der Waals surface area contributed by atoms with Crippen LogP contribution in [0.3, 0.4) is 0 Å². The first-order chi connectivity index (χ1) is 14.0. The van der Waals surface area contributed by atoms with Crippen molar-refractivity contribution in [1.82, 2.24) is 9.88 Å². The number of ether oxygens (including phenoxy) is 1. The molecular weight excluding hydrogens is 406 g/mol. The van der Waals surface area contributed by atoms with Crippen molar-refractivity contribution >= 4 is 44.2 Å². The van der Waals surface area contributed by atoms with Crippen LogP contribution >= 0.6 is 22.9 Å². The van der Waals surface area contributed by atoms with E-state index in [1.165, 1.54) is 10.3 Å². The summed E-state index contributed by atoms with van der Waals surface area (Å²) >= 11 is 7.76. The molecule has 0 bridgehead atoms. The highest BCUT2D eigenvalue weighted by atomic mass is 35.5. The standard InChI is InChI=1S/C22H24ClN3O2S/c1-3-16-4-7-19-20(13-16)29-22(24-19)26-10-8-25(9-11-26)21(27)14-28-17-5-6-18(23)15(2)12-17/h4-7,12-13H,3,8-11,14H2,1-2H3. The monoisotopic (exact) mass is 429 g/mol. The zero-order valence-electron chi connectivity index (χ0n) is 16.7. The Morgan fingerprint density at radius 2 is 1.97 bits per heavy atom. The van der Waals surface area contributed by atoms with Crippen LogP contribution in [0.25, 0.3) is 10.2 Å². The van der Waals surface area contributed by atoms with Crippen LogP contribution in [0.5, 0.6) is 5.75 Å². The fourth-order valence-electron chi connectivity index (χ4n) is 3.40. The Hall–Kier alpha value is -2.31. The Bertz CT molecular complexity index is 1030. The lowest BCUT2D eigenvalue weighted by molar-refractivity contribution is -0.133. The third kappa shape index (κ3) is 4.49. The molecule has 1 aromatic heterocycles. The maximum Gasteiger partial charge on any atom is 0.260 e. The van der Waals surface area contributed by atoms with Crippen molar-refractivity contribution in [3.8, 4) is 5.75 Å². The van der Waals surface area contributed by atoms with Gasteiger partial charge in [-0.25, -0.2) is 4.98 Å². The van der Waals surface area contributed by atoms with Crippen LogP contribution in [0.2, 0.25) is 5.02 Å². The molecule has 7 heteroatoms. The number of hydrogen-bond donors (Lipinski definition) is 0. The van der Waals surface area contributed by atoms with Crippen molar-refractivity contribution in [3.63, 3.8) is 0 Å². The minimum atomic E-state index is 0.00846. The van der Waals surface area contributed by atoms with Crippen LogP contribution in [0.1, 0.15) is 18.1 Å². The van der Waals surface area contributed by atoms with Crippen LogP contribution in [0.15, 0.2) is 36.4 Å². The van der Waals surface area contributed by atoms with Crippen molar-refractivity contribution in [3.05, 3.63) is 52.5 Å². The average Bonchev–Trinajstić information content (AvgIpc) is 3.17. The molecular formula is C22H24ClN3O2S. The van der Waals surface area contributed by atoms with E-state index >= 15 is 0 Å². The first-order valence-corrected chi connectivity index (χ1v) is 11.0. The Kier molecular flexibility index (Phi) is 5.92. The molecule has 5 nitrogen and oxygen atoms in total. The number of anilines is 1. The van der Waals surface area contributed by atoms with Gasteiger partial charge in [-0.1, -0.05) is 35.9 Å². The predicted molar refractivity (Wildman–Crippen MR) is 119 cm³/mol. The summed E-state index contributed by atoms with van der Waals surface area (Å²) in [5, 5.41) is 1.73. The molecule has 0 aliphatic carbocycles. The van der Waals surface area contributed by atoms with Gasteiger partial charge in [-0.15, -0.1) is 0 Å². The SMILES string of the molecule is CCc1ccc2nc(N3CCN(C(=O)COc4ccc(Cl)c(C)c4)CC3)sc2c1. The minimum Gasteiger partial charge on any atom is -0.484 e. The number of amides is 1. The van der Waals surface area contributed by atoms with E-state index < -0.39 is 0 Å². The van der Waals surface area contributed by atoms with E-state index in [0.29, 0.717) is 23.9 Å². The summed E-state index contributed by atoms with van der Waals surface area (Å²) in [4.78, 5) is 21.4. The van der Waals surface area contributed by atoms with Gasteiger partial charge < -0.3 is 14.5 Å². The highest BCUT2D eigenvalue weighted by Crippen LogP contribution is 2.30. The zero-order valence-corrected chi connectivity index (χ0v) is 18.2. The van der Waals surface area contributed by atoms with Gasteiger partial charge in [0, 0.05) is 31.2 Å². The summed E-state index contributed by atoms with van der Waals surface area (Å²) in [5.74, 6) is 0.675. The van der Waals surface area contributed by atoms with Gasteiger partial charge in [0.05, 0.1) is 10.2 Å². The number of hydrogen-bond acceptors (Lipinski definition) is 5. The normalized spacial score (nSPS) is 14.4. The number of halogens is 1. The summed E-state index contributed by atoms with van der Waals surface area (Å²) < 4.78 is 6.88. The van der Waals surface area contributed by atoms with E-state index in [1.807, 2.05) is 17.9 Å². The number of piperazine rings is 1. The maximum absolute atomic E-state index is 12.5. The molecule has 1 saturated heterocycles. The Labute approximate surface area is 179 Å². The van der Waals surface area contributed by atoms with Crippen molar-refractivity contribution in [1.29, 1.82) is 0 Å². The average molecular weight is 430 g/mol. The Morgan fingerprint density at radius 3 is 2.69 bits per heavy atom. The smallest absolute Gasteiger partial charge is 0.260 e. The van der Waals surface area contributed by atoms with Crippen LogP contribution in [-0.2, 0) is 11.2 Å². The van der Waals surface area contributed by atoms with Gasteiger partial charge in [0.1, 0.15) is 5.75 Å². The third-order valence-electron chi connectivity index (χ3n) is 5.24. The molecule has 1 aliphatic heterocycles. The lowest BCUT2D eigenvalue weighted by atomic mass is 10.2. The first-order valence-electron chi connectivity index (χ1n) is 9.84. The quantitative estimate of drug-likeness (QED) is 0.597.